The molecule has 3 heteroatoms. The highest BCUT2D eigenvalue weighted by atomic mass is 19.1. The second kappa shape index (κ2) is 6.14. The molecule has 16 heavy (non-hydrogen) atoms. The van der Waals surface area contributed by atoms with Crippen LogP contribution in [0.25, 0.3) is 0 Å². The number of nitrogens with one attached hydrogen (secondary N) is 1. The van der Waals surface area contributed by atoms with E-state index >= 15 is 0 Å². The normalized spacial score (nSPS) is 12.1. The number of terminal acetylenes is 1. The van der Waals surface area contributed by atoms with Gasteiger partial charge in [0.15, 0.2) is 0 Å². The van der Waals surface area contributed by atoms with Crippen molar-refractivity contribution in [2.24, 2.45) is 0 Å². The van der Waals surface area contributed by atoms with E-state index in [9.17, 15) is 9.50 Å². The van der Waals surface area contributed by atoms with Gasteiger partial charge in [-0.05, 0) is 24.6 Å². The van der Waals surface area contributed by atoms with Crippen LogP contribution in [0, 0.1) is 18.2 Å². The third-order valence-corrected chi connectivity index (χ3v) is 2.36. The fourth-order valence-corrected chi connectivity index (χ4v) is 1.46. The van der Waals surface area contributed by atoms with E-state index in [1.54, 1.807) is 0 Å². The summed E-state index contributed by atoms with van der Waals surface area (Å²) in [5, 5.41) is 12.6. The van der Waals surface area contributed by atoms with Crippen LogP contribution < -0.4 is 5.32 Å². The lowest BCUT2D eigenvalue weighted by Gasteiger charge is -2.12. The molecule has 0 heterocycles. The molecule has 1 aromatic rings. The maximum atomic E-state index is 12.9. The van der Waals surface area contributed by atoms with Crippen molar-refractivity contribution in [1.29, 1.82) is 0 Å². The van der Waals surface area contributed by atoms with Gasteiger partial charge in [0.05, 0.1) is 6.04 Å². The van der Waals surface area contributed by atoms with Crippen molar-refractivity contribution in [2.45, 2.75) is 32.4 Å². The van der Waals surface area contributed by atoms with Crippen LogP contribution in [0.4, 0.5) is 4.39 Å². The van der Waals surface area contributed by atoms with Crippen LogP contribution in [0.2, 0.25) is 0 Å². The first-order valence-electron chi connectivity index (χ1n) is 5.34. The minimum atomic E-state index is -0.359. The van der Waals surface area contributed by atoms with Gasteiger partial charge in [-0.3, -0.25) is 5.32 Å². The molecule has 1 aromatic carbocycles. The molecule has 1 unspecified atom stereocenters. The van der Waals surface area contributed by atoms with E-state index in [1.807, 2.05) is 6.92 Å². The maximum absolute atomic E-state index is 12.9. The van der Waals surface area contributed by atoms with Crippen molar-refractivity contribution in [3.63, 3.8) is 0 Å². The number of rotatable bonds is 5. The van der Waals surface area contributed by atoms with E-state index in [4.69, 9.17) is 6.42 Å². The van der Waals surface area contributed by atoms with Gasteiger partial charge in [0.2, 0.25) is 0 Å². The fourth-order valence-electron chi connectivity index (χ4n) is 1.46. The molecule has 86 valence electrons. The Labute approximate surface area is 95.5 Å². The highest BCUT2D eigenvalue weighted by Gasteiger charge is 2.06. The summed E-state index contributed by atoms with van der Waals surface area (Å²) in [6.45, 7) is 2.42. The average Bonchev–Trinajstić information content (AvgIpc) is 2.28. The molecule has 0 bridgehead atoms. The molecule has 0 aliphatic rings. The van der Waals surface area contributed by atoms with Crippen LogP contribution in [0.5, 0.6) is 5.75 Å². The minimum Gasteiger partial charge on any atom is -0.508 e. The summed E-state index contributed by atoms with van der Waals surface area (Å²) in [5.74, 6) is 2.35. The van der Waals surface area contributed by atoms with Crippen molar-refractivity contribution in [3.8, 4) is 18.1 Å². The molecule has 1 atom stereocenters. The molecule has 1 rings (SSSR count). The SMILES string of the molecule is C#CC(CCC)NCc1cc(F)ccc1O. The number of hydrogen-bond donors (Lipinski definition) is 2. The Balaban J connectivity index is 2.60. The first-order valence-corrected chi connectivity index (χ1v) is 5.34. The Morgan fingerprint density at radius 1 is 1.56 bits per heavy atom. The largest absolute Gasteiger partial charge is 0.508 e. The zero-order valence-electron chi connectivity index (χ0n) is 9.33. The Hall–Kier alpha value is -1.53. The molecule has 0 aliphatic carbocycles. The zero-order chi connectivity index (χ0) is 12.0. The Morgan fingerprint density at radius 2 is 2.31 bits per heavy atom. The minimum absolute atomic E-state index is 0.0346. The van der Waals surface area contributed by atoms with E-state index in [0.717, 1.165) is 12.8 Å². The van der Waals surface area contributed by atoms with E-state index in [1.165, 1.54) is 18.2 Å². The van der Waals surface area contributed by atoms with Gasteiger partial charge in [-0.1, -0.05) is 19.3 Å². The van der Waals surface area contributed by atoms with Crippen LogP contribution in [-0.2, 0) is 6.54 Å². The van der Waals surface area contributed by atoms with E-state index in [-0.39, 0.29) is 17.6 Å². The molecule has 2 nitrogen and oxygen atoms in total. The summed E-state index contributed by atoms with van der Waals surface area (Å²) >= 11 is 0. The highest BCUT2D eigenvalue weighted by Crippen LogP contribution is 2.17. The predicted octanol–water partition coefficient (Wildman–Crippen LogP) is 2.42. The van der Waals surface area contributed by atoms with Crippen molar-refractivity contribution in [1.82, 2.24) is 5.32 Å². The molecular formula is C13H16FNO. The first-order chi connectivity index (χ1) is 7.67. The number of benzene rings is 1. The lowest BCUT2D eigenvalue weighted by molar-refractivity contribution is 0.457. The molecule has 0 spiro atoms. The van der Waals surface area contributed by atoms with Gasteiger partial charge >= 0.3 is 0 Å². The van der Waals surface area contributed by atoms with Gasteiger partial charge in [-0.2, -0.15) is 0 Å². The van der Waals surface area contributed by atoms with Gasteiger partial charge in [0.1, 0.15) is 11.6 Å². The number of hydrogen-bond acceptors (Lipinski definition) is 2. The summed E-state index contributed by atoms with van der Waals surface area (Å²) in [5.41, 5.74) is 0.524. The van der Waals surface area contributed by atoms with Crippen LogP contribution in [0.15, 0.2) is 18.2 Å². The second-order valence-corrected chi connectivity index (χ2v) is 3.66. The average molecular weight is 221 g/mol. The smallest absolute Gasteiger partial charge is 0.123 e. The summed E-state index contributed by atoms with van der Waals surface area (Å²) in [7, 11) is 0. The number of phenols is 1. The lowest BCUT2D eigenvalue weighted by atomic mass is 10.1. The highest BCUT2D eigenvalue weighted by molar-refractivity contribution is 5.32. The van der Waals surface area contributed by atoms with Crippen LogP contribution in [0.3, 0.4) is 0 Å². The van der Waals surface area contributed by atoms with Gasteiger partial charge in [-0.25, -0.2) is 4.39 Å². The molecule has 0 aliphatic heterocycles. The summed E-state index contributed by atoms with van der Waals surface area (Å²) in [6.07, 6.45) is 7.19. The third-order valence-electron chi connectivity index (χ3n) is 2.36. The van der Waals surface area contributed by atoms with Crippen LogP contribution in [-0.4, -0.2) is 11.1 Å². The summed E-state index contributed by atoms with van der Waals surface area (Å²) in [4.78, 5) is 0. The molecule has 0 saturated carbocycles. The maximum Gasteiger partial charge on any atom is 0.123 e. The molecule has 0 fully saturated rings. The van der Waals surface area contributed by atoms with Crippen molar-refractivity contribution in [3.05, 3.63) is 29.6 Å². The first kappa shape index (κ1) is 12.5. The summed E-state index contributed by atoms with van der Waals surface area (Å²) in [6, 6.07) is 3.84. The van der Waals surface area contributed by atoms with Crippen molar-refractivity contribution < 1.29 is 9.50 Å². The number of halogens is 1. The summed E-state index contributed by atoms with van der Waals surface area (Å²) < 4.78 is 12.9. The Bertz CT molecular complexity index is 384. The molecule has 0 radical (unpaired) electrons. The van der Waals surface area contributed by atoms with E-state index in [0.29, 0.717) is 12.1 Å². The monoisotopic (exact) mass is 221 g/mol. The molecule has 0 saturated heterocycles. The van der Waals surface area contributed by atoms with Crippen LogP contribution >= 0.6 is 0 Å². The second-order valence-electron chi connectivity index (χ2n) is 3.66. The topological polar surface area (TPSA) is 32.3 Å². The third kappa shape index (κ3) is 3.56. The number of phenolic OH excluding ortho intramolecular Hbond substituents is 1. The van der Waals surface area contributed by atoms with Gasteiger partial charge in [0.25, 0.3) is 0 Å². The molecule has 0 aromatic heterocycles. The quantitative estimate of drug-likeness (QED) is 0.748. The van der Waals surface area contributed by atoms with Crippen LogP contribution in [0.1, 0.15) is 25.3 Å². The van der Waals surface area contributed by atoms with Crippen molar-refractivity contribution >= 4 is 0 Å². The van der Waals surface area contributed by atoms with E-state index < -0.39 is 0 Å². The number of aromatic hydroxyl groups is 1. The lowest BCUT2D eigenvalue weighted by Crippen LogP contribution is -2.26. The van der Waals surface area contributed by atoms with Crippen molar-refractivity contribution in [2.75, 3.05) is 0 Å². The van der Waals surface area contributed by atoms with Gasteiger partial charge in [-0.15, -0.1) is 6.42 Å². The Kier molecular flexibility index (Phi) is 4.81. The van der Waals surface area contributed by atoms with E-state index in [2.05, 4.69) is 11.2 Å². The van der Waals surface area contributed by atoms with Gasteiger partial charge in [0, 0.05) is 12.1 Å². The molecule has 2 N–H and O–H groups in total. The Morgan fingerprint density at radius 3 is 2.94 bits per heavy atom. The zero-order valence-corrected chi connectivity index (χ0v) is 9.33. The standard InChI is InChI=1S/C13H16FNO/c1-3-5-12(4-2)15-9-10-8-11(14)6-7-13(10)16/h2,6-8,12,15-16H,3,5,9H2,1H3. The van der Waals surface area contributed by atoms with Gasteiger partial charge < -0.3 is 5.11 Å². The molecule has 0 amide bonds. The molecular weight excluding hydrogens is 205 g/mol. The predicted molar refractivity (Wildman–Crippen MR) is 62.4 cm³/mol. The fraction of sp³-hybridized carbons (Fsp3) is 0.385.